The Kier molecular flexibility index (Phi) is 4.63. The van der Waals surface area contributed by atoms with Crippen LogP contribution in [0.25, 0.3) is 0 Å². The predicted octanol–water partition coefficient (Wildman–Crippen LogP) is 2.66. The molecule has 0 bridgehead atoms. The highest BCUT2D eigenvalue weighted by Gasteiger charge is 2.07. The molecule has 0 radical (unpaired) electrons. The van der Waals surface area contributed by atoms with Crippen molar-refractivity contribution < 1.29 is 4.79 Å². The molecule has 20 heavy (non-hydrogen) atoms. The van der Waals surface area contributed by atoms with Gasteiger partial charge in [-0.1, -0.05) is 18.5 Å². The fraction of sp³-hybridized carbons (Fsp3) is 0.286. The van der Waals surface area contributed by atoms with Crippen LogP contribution in [0.5, 0.6) is 0 Å². The Bertz CT molecular complexity index is 609. The number of carbonyl (C=O) groups excluding carboxylic acids is 1. The van der Waals surface area contributed by atoms with Gasteiger partial charge in [0.2, 0.25) is 5.91 Å². The zero-order valence-electron chi connectivity index (χ0n) is 11.3. The van der Waals surface area contributed by atoms with Crippen LogP contribution in [-0.2, 0) is 13.1 Å². The zero-order valence-corrected chi connectivity index (χ0v) is 12.0. The van der Waals surface area contributed by atoms with E-state index >= 15 is 0 Å². The molecule has 2 rings (SSSR count). The summed E-state index contributed by atoms with van der Waals surface area (Å²) < 4.78 is 1.94. The van der Waals surface area contributed by atoms with Crippen LogP contribution < -0.4 is 11.1 Å². The molecule has 3 N–H and O–H groups in total. The molecule has 1 amide bonds. The van der Waals surface area contributed by atoms with Gasteiger partial charge in [-0.25, -0.2) is 0 Å². The second-order valence-corrected chi connectivity index (χ2v) is 4.87. The van der Waals surface area contributed by atoms with Crippen LogP contribution in [0.1, 0.15) is 29.4 Å². The first-order chi connectivity index (χ1) is 9.61. The SMILES string of the molecule is CCCn1nccc1CNc1cc(C(N)=O)ccc1Cl. The van der Waals surface area contributed by atoms with E-state index in [1.807, 2.05) is 10.7 Å². The van der Waals surface area contributed by atoms with E-state index in [1.165, 1.54) is 0 Å². The van der Waals surface area contributed by atoms with Crippen LogP contribution in [-0.4, -0.2) is 15.7 Å². The fourth-order valence-corrected chi connectivity index (χ4v) is 2.11. The highest BCUT2D eigenvalue weighted by molar-refractivity contribution is 6.33. The fourth-order valence-electron chi connectivity index (χ4n) is 1.92. The zero-order chi connectivity index (χ0) is 14.5. The van der Waals surface area contributed by atoms with Gasteiger partial charge in [-0.05, 0) is 30.7 Å². The number of hydrogen-bond acceptors (Lipinski definition) is 3. The van der Waals surface area contributed by atoms with Crippen molar-refractivity contribution in [2.45, 2.75) is 26.4 Å². The van der Waals surface area contributed by atoms with Crippen LogP contribution in [0, 0.1) is 0 Å². The first kappa shape index (κ1) is 14.4. The molecule has 2 aromatic rings. The first-order valence-electron chi connectivity index (χ1n) is 6.45. The summed E-state index contributed by atoms with van der Waals surface area (Å²) in [6.45, 7) is 3.56. The van der Waals surface area contributed by atoms with E-state index in [1.54, 1.807) is 24.4 Å². The van der Waals surface area contributed by atoms with Gasteiger partial charge in [0.25, 0.3) is 0 Å². The molecule has 0 aliphatic heterocycles. The van der Waals surface area contributed by atoms with Crippen LogP contribution >= 0.6 is 11.6 Å². The summed E-state index contributed by atoms with van der Waals surface area (Å²) in [6.07, 6.45) is 2.79. The van der Waals surface area contributed by atoms with Crippen molar-refractivity contribution in [2.75, 3.05) is 5.32 Å². The Morgan fingerprint density at radius 3 is 2.95 bits per heavy atom. The van der Waals surface area contributed by atoms with Crippen molar-refractivity contribution in [1.82, 2.24) is 9.78 Å². The van der Waals surface area contributed by atoms with Crippen molar-refractivity contribution in [1.29, 1.82) is 0 Å². The number of halogens is 1. The maximum absolute atomic E-state index is 11.2. The summed E-state index contributed by atoms with van der Waals surface area (Å²) in [7, 11) is 0. The van der Waals surface area contributed by atoms with E-state index in [4.69, 9.17) is 17.3 Å². The topological polar surface area (TPSA) is 72.9 Å². The third-order valence-corrected chi connectivity index (χ3v) is 3.28. The summed E-state index contributed by atoms with van der Waals surface area (Å²) in [4.78, 5) is 11.2. The molecular formula is C14H17ClN4O. The van der Waals surface area contributed by atoms with Crippen LogP contribution in [0.4, 0.5) is 5.69 Å². The normalized spacial score (nSPS) is 10.5. The van der Waals surface area contributed by atoms with Crippen molar-refractivity contribution >= 4 is 23.2 Å². The van der Waals surface area contributed by atoms with Gasteiger partial charge in [0.15, 0.2) is 0 Å². The molecule has 1 aromatic carbocycles. The molecule has 0 atom stereocenters. The van der Waals surface area contributed by atoms with Crippen LogP contribution in [0.2, 0.25) is 5.02 Å². The molecule has 1 aromatic heterocycles. The van der Waals surface area contributed by atoms with E-state index in [0.29, 0.717) is 22.8 Å². The third-order valence-electron chi connectivity index (χ3n) is 2.95. The Balaban J connectivity index is 2.12. The second-order valence-electron chi connectivity index (χ2n) is 4.46. The van der Waals surface area contributed by atoms with Gasteiger partial charge in [0, 0.05) is 18.3 Å². The highest BCUT2D eigenvalue weighted by atomic mass is 35.5. The number of benzene rings is 1. The molecule has 0 saturated heterocycles. The maximum Gasteiger partial charge on any atom is 0.248 e. The lowest BCUT2D eigenvalue weighted by Gasteiger charge is -2.11. The summed E-state index contributed by atoms with van der Waals surface area (Å²) in [5, 5.41) is 8.02. The van der Waals surface area contributed by atoms with E-state index in [9.17, 15) is 4.79 Å². The monoisotopic (exact) mass is 292 g/mol. The molecule has 106 valence electrons. The van der Waals surface area contributed by atoms with Gasteiger partial charge in [-0.2, -0.15) is 5.10 Å². The number of nitrogens with two attached hydrogens (primary N) is 1. The Morgan fingerprint density at radius 2 is 2.25 bits per heavy atom. The molecule has 0 aliphatic carbocycles. The number of primary amides is 1. The van der Waals surface area contributed by atoms with E-state index in [-0.39, 0.29) is 0 Å². The summed E-state index contributed by atoms with van der Waals surface area (Å²) in [6, 6.07) is 6.88. The van der Waals surface area contributed by atoms with E-state index in [0.717, 1.165) is 18.7 Å². The predicted molar refractivity (Wildman–Crippen MR) is 79.8 cm³/mol. The molecule has 0 saturated carbocycles. The largest absolute Gasteiger partial charge is 0.378 e. The van der Waals surface area contributed by atoms with Crippen LogP contribution in [0.15, 0.2) is 30.5 Å². The van der Waals surface area contributed by atoms with Crippen molar-refractivity contribution in [3.63, 3.8) is 0 Å². The highest BCUT2D eigenvalue weighted by Crippen LogP contribution is 2.23. The summed E-state index contributed by atoms with van der Waals surface area (Å²) >= 11 is 6.10. The number of anilines is 1. The molecule has 0 unspecified atom stereocenters. The van der Waals surface area contributed by atoms with Gasteiger partial charge in [0.1, 0.15) is 0 Å². The molecule has 0 fully saturated rings. The molecular weight excluding hydrogens is 276 g/mol. The number of amides is 1. The van der Waals surface area contributed by atoms with E-state index in [2.05, 4.69) is 17.3 Å². The Morgan fingerprint density at radius 1 is 1.45 bits per heavy atom. The molecule has 6 heteroatoms. The second kappa shape index (κ2) is 6.43. The molecule has 5 nitrogen and oxygen atoms in total. The third kappa shape index (κ3) is 3.30. The van der Waals surface area contributed by atoms with Gasteiger partial charge in [0.05, 0.1) is 22.9 Å². The van der Waals surface area contributed by atoms with Gasteiger partial charge < -0.3 is 11.1 Å². The van der Waals surface area contributed by atoms with Crippen molar-refractivity contribution in [3.05, 3.63) is 46.7 Å². The molecule has 0 spiro atoms. The number of aromatic nitrogens is 2. The number of carbonyl (C=O) groups is 1. The first-order valence-corrected chi connectivity index (χ1v) is 6.83. The molecule has 1 heterocycles. The lowest BCUT2D eigenvalue weighted by molar-refractivity contribution is 0.100. The summed E-state index contributed by atoms with van der Waals surface area (Å²) in [5.74, 6) is -0.472. The number of hydrogen-bond donors (Lipinski definition) is 2. The number of rotatable bonds is 6. The lowest BCUT2D eigenvalue weighted by atomic mass is 10.2. The van der Waals surface area contributed by atoms with Gasteiger partial charge in [-0.15, -0.1) is 0 Å². The van der Waals surface area contributed by atoms with Crippen LogP contribution in [0.3, 0.4) is 0 Å². The Hall–Kier alpha value is -2.01. The number of nitrogens with one attached hydrogen (secondary N) is 1. The van der Waals surface area contributed by atoms with Crippen molar-refractivity contribution in [2.24, 2.45) is 5.73 Å². The average Bonchev–Trinajstić information content (AvgIpc) is 2.85. The average molecular weight is 293 g/mol. The van der Waals surface area contributed by atoms with Gasteiger partial charge in [-0.3, -0.25) is 9.48 Å². The number of aryl methyl sites for hydroxylation is 1. The standard InChI is InChI=1S/C14H17ClN4O/c1-2-7-19-11(5-6-18-19)9-17-13-8-10(14(16)20)3-4-12(13)15/h3-6,8,17H,2,7,9H2,1H3,(H2,16,20). The van der Waals surface area contributed by atoms with Crippen molar-refractivity contribution in [3.8, 4) is 0 Å². The quantitative estimate of drug-likeness (QED) is 0.859. The van der Waals surface area contributed by atoms with E-state index < -0.39 is 5.91 Å². The lowest BCUT2D eigenvalue weighted by Crippen LogP contribution is -2.12. The summed E-state index contributed by atoms with van der Waals surface area (Å²) in [5.41, 5.74) is 7.44. The minimum atomic E-state index is -0.472. The minimum absolute atomic E-state index is 0.430. The number of nitrogens with zero attached hydrogens (tertiary/aromatic N) is 2. The smallest absolute Gasteiger partial charge is 0.248 e. The maximum atomic E-state index is 11.2. The Labute approximate surface area is 122 Å². The van der Waals surface area contributed by atoms with Gasteiger partial charge >= 0.3 is 0 Å². The molecule has 0 aliphatic rings. The minimum Gasteiger partial charge on any atom is -0.378 e.